The number of rotatable bonds is 7. The second-order valence-electron chi connectivity index (χ2n) is 6.59. The van der Waals surface area contributed by atoms with Crippen LogP contribution < -0.4 is 20.5 Å². The molecule has 0 saturated heterocycles. The van der Waals surface area contributed by atoms with Gasteiger partial charge >= 0.3 is 0 Å². The van der Waals surface area contributed by atoms with Crippen molar-refractivity contribution in [3.05, 3.63) is 70.1 Å². The number of carbonyl (C=O) groups is 2. The molecule has 0 aliphatic heterocycles. The largest absolute Gasteiger partial charge is 0.493 e. The topological polar surface area (TPSA) is 117 Å². The van der Waals surface area contributed by atoms with E-state index in [0.717, 1.165) is 11.6 Å². The van der Waals surface area contributed by atoms with E-state index in [1.807, 2.05) is 0 Å². The first-order chi connectivity index (χ1) is 14.7. The number of nitrogens with zero attached hydrogens (tertiary/aromatic N) is 1. The highest BCUT2D eigenvalue weighted by Crippen LogP contribution is 2.30. The molecule has 0 atom stereocenters. The number of methoxy groups -OCH3 is 1. The van der Waals surface area contributed by atoms with Gasteiger partial charge in [0, 0.05) is 11.6 Å². The van der Waals surface area contributed by atoms with E-state index in [9.17, 15) is 18.4 Å². The van der Waals surface area contributed by atoms with E-state index in [4.69, 9.17) is 19.7 Å². The summed E-state index contributed by atoms with van der Waals surface area (Å²) in [5.74, 6) is -2.72. The van der Waals surface area contributed by atoms with E-state index in [-0.39, 0.29) is 17.9 Å². The second-order valence-corrected chi connectivity index (χ2v) is 6.59. The lowest BCUT2D eigenvalue weighted by Crippen LogP contribution is -2.17. The van der Waals surface area contributed by atoms with Gasteiger partial charge in [0.05, 0.1) is 29.6 Å². The van der Waals surface area contributed by atoms with E-state index < -0.39 is 34.7 Å². The molecule has 0 spiro atoms. The molecule has 0 saturated carbocycles. The minimum absolute atomic E-state index is 0.117. The Kier molecular flexibility index (Phi) is 6.19. The standard InChI is InChI=1S/C21H19F2N3O5/c1-10-14(11(2)31-26-10)9-30-18-5-4-12(6-19(18)29-3)21(28)25-17-7-13(20(24)27)15(22)8-16(17)23/h4-8H,9H2,1-3H3,(H2,24,27)(H,25,28). The molecule has 0 aliphatic carbocycles. The summed E-state index contributed by atoms with van der Waals surface area (Å²) in [5.41, 5.74) is 5.73. The maximum atomic E-state index is 14.0. The quantitative estimate of drug-likeness (QED) is 0.591. The fourth-order valence-electron chi connectivity index (χ4n) is 2.81. The molecule has 2 aromatic carbocycles. The van der Waals surface area contributed by atoms with Crippen molar-refractivity contribution < 1.29 is 32.4 Å². The van der Waals surface area contributed by atoms with Crippen molar-refractivity contribution in [2.24, 2.45) is 5.73 Å². The molecule has 3 aromatic rings. The average Bonchev–Trinajstić information content (AvgIpc) is 3.05. The minimum Gasteiger partial charge on any atom is -0.493 e. The Morgan fingerprint density at radius 2 is 1.87 bits per heavy atom. The van der Waals surface area contributed by atoms with Crippen LogP contribution in [0.4, 0.5) is 14.5 Å². The third kappa shape index (κ3) is 4.63. The van der Waals surface area contributed by atoms with Crippen molar-refractivity contribution >= 4 is 17.5 Å². The molecular weight excluding hydrogens is 412 g/mol. The number of nitrogens with one attached hydrogen (secondary N) is 1. The number of anilines is 1. The van der Waals surface area contributed by atoms with Gasteiger partial charge in [-0.25, -0.2) is 8.78 Å². The monoisotopic (exact) mass is 431 g/mol. The summed E-state index contributed by atoms with van der Waals surface area (Å²) in [6.45, 7) is 3.74. The number of hydrogen-bond donors (Lipinski definition) is 2. The molecule has 10 heteroatoms. The Morgan fingerprint density at radius 1 is 1.13 bits per heavy atom. The molecule has 0 fully saturated rings. The maximum Gasteiger partial charge on any atom is 0.255 e. The minimum atomic E-state index is -1.12. The molecule has 3 rings (SSSR count). The van der Waals surface area contributed by atoms with Gasteiger partial charge in [-0.3, -0.25) is 9.59 Å². The van der Waals surface area contributed by atoms with Gasteiger partial charge in [-0.2, -0.15) is 0 Å². The van der Waals surface area contributed by atoms with Crippen LogP contribution in [-0.2, 0) is 6.61 Å². The van der Waals surface area contributed by atoms with Crippen molar-refractivity contribution in [3.63, 3.8) is 0 Å². The normalized spacial score (nSPS) is 10.6. The summed E-state index contributed by atoms with van der Waals surface area (Å²) in [7, 11) is 1.40. The van der Waals surface area contributed by atoms with E-state index in [1.54, 1.807) is 13.8 Å². The first-order valence-corrected chi connectivity index (χ1v) is 9.04. The highest BCUT2D eigenvalue weighted by atomic mass is 19.1. The predicted octanol–water partition coefficient (Wildman–Crippen LogP) is 3.51. The molecule has 0 radical (unpaired) electrons. The molecule has 1 aromatic heterocycles. The first-order valence-electron chi connectivity index (χ1n) is 9.04. The van der Waals surface area contributed by atoms with Crippen LogP contribution >= 0.6 is 0 Å². The SMILES string of the molecule is COc1cc(C(=O)Nc2cc(C(N)=O)c(F)cc2F)ccc1OCc1c(C)noc1C. The zero-order valence-electron chi connectivity index (χ0n) is 16.9. The van der Waals surface area contributed by atoms with Crippen LogP contribution in [-0.4, -0.2) is 24.1 Å². The smallest absolute Gasteiger partial charge is 0.255 e. The van der Waals surface area contributed by atoms with Crippen LogP contribution in [0.25, 0.3) is 0 Å². The Balaban J connectivity index is 1.80. The van der Waals surface area contributed by atoms with Gasteiger partial charge in [0.2, 0.25) is 0 Å². The van der Waals surface area contributed by atoms with Gasteiger partial charge in [-0.15, -0.1) is 0 Å². The van der Waals surface area contributed by atoms with Crippen molar-refractivity contribution in [2.45, 2.75) is 20.5 Å². The molecule has 0 aliphatic rings. The van der Waals surface area contributed by atoms with Gasteiger partial charge < -0.3 is 25.0 Å². The highest BCUT2D eigenvalue weighted by Gasteiger charge is 2.18. The number of benzene rings is 2. The van der Waals surface area contributed by atoms with Crippen LogP contribution in [0.2, 0.25) is 0 Å². The fraction of sp³-hybridized carbons (Fsp3) is 0.190. The van der Waals surface area contributed by atoms with E-state index >= 15 is 0 Å². The summed E-state index contributed by atoms with van der Waals surface area (Å²) < 4.78 is 43.8. The Bertz CT molecular complexity index is 1140. The number of ether oxygens (including phenoxy) is 2. The van der Waals surface area contributed by atoms with Gasteiger partial charge in [-0.05, 0) is 38.1 Å². The molecule has 1 heterocycles. The van der Waals surface area contributed by atoms with Crippen molar-refractivity contribution in [1.82, 2.24) is 5.16 Å². The number of amides is 2. The van der Waals surface area contributed by atoms with E-state index in [2.05, 4.69) is 10.5 Å². The summed E-state index contributed by atoms with van der Waals surface area (Å²) >= 11 is 0. The Labute approximate surface area is 175 Å². The van der Waals surface area contributed by atoms with Crippen molar-refractivity contribution in [1.29, 1.82) is 0 Å². The Morgan fingerprint density at radius 3 is 2.48 bits per heavy atom. The number of primary amides is 1. The molecule has 162 valence electrons. The third-order valence-corrected chi connectivity index (χ3v) is 4.55. The van der Waals surface area contributed by atoms with E-state index in [1.165, 1.54) is 25.3 Å². The van der Waals surface area contributed by atoms with Crippen molar-refractivity contribution in [2.75, 3.05) is 12.4 Å². The zero-order chi connectivity index (χ0) is 22.7. The summed E-state index contributed by atoms with van der Waals surface area (Å²) in [6, 6.07) is 5.66. The molecular formula is C21H19F2N3O5. The number of aromatic nitrogens is 1. The fourth-order valence-corrected chi connectivity index (χ4v) is 2.81. The molecule has 0 unspecified atom stereocenters. The van der Waals surface area contributed by atoms with Crippen LogP contribution in [0.5, 0.6) is 11.5 Å². The lowest BCUT2D eigenvalue weighted by molar-refractivity contribution is 0.0992. The van der Waals surface area contributed by atoms with Gasteiger partial charge in [0.25, 0.3) is 11.8 Å². The number of halogens is 2. The van der Waals surface area contributed by atoms with Crippen LogP contribution in [0.1, 0.15) is 37.7 Å². The number of aryl methyl sites for hydroxylation is 2. The molecule has 3 N–H and O–H groups in total. The maximum absolute atomic E-state index is 14.0. The Hall–Kier alpha value is -3.95. The van der Waals surface area contributed by atoms with Gasteiger partial charge in [-0.1, -0.05) is 5.16 Å². The number of nitrogens with two attached hydrogens (primary N) is 1. The summed E-state index contributed by atoms with van der Waals surface area (Å²) in [5, 5.41) is 6.14. The average molecular weight is 431 g/mol. The van der Waals surface area contributed by atoms with Crippen LogP contribution in [0.3, 0.4) is 0 Å². The lowest BCUT2D eigenvalue weighted by atomic mass is 10.1. The third-order valence-electron chi connectivity index (χ3n) is 4.55. The number of hydrogen-bond acceptors (Lipinski definition) is 6. The van der Waals surface area contributed by atoms with Crippen LogP contribution in [0.15, 0.2) is 34.9 Å². The zero-order valence-corrected chi connectivity index (χ0v) is 16.9. The summed E-state index contributed by atoms with van der Waals surface area (Å²) in [4.78, 5) is 23.8. The molecule has 2 amide bonds. The molecule has 8 nitrogen and oxygen atoms in total. The van der Waals surface area contributed by atoms with Crippen LogP contribution in [0, 0.1) is 25.5 Å². The predicted molar refractivity (Wildman–Crippen MR) is 106 cm³/mol. The lowest BCUT2D eigenvalue weighted by Gasteiger charge is -2.13. The summed E-state index contributed by atoms with van der Waals surface area (Å²) in [6.07, 6.45) is 0. The highest BCUT2D eigenvalue weighted by molar-refractivity contribution is 6.05. The first kappa shape index (κ1) is 21.8. The van der Waals surface area contributed by atoms with Gasteiger partial charge in [0.15, 0.2) is 11.5 Å². The molecule has 0 bridgehead atoms. The molecule has 31 heavy (non-hydrogen) atoms. The number of carbonyl (C=O) groups excluding carboxylic acids is 2. The van der Waals surface area contributed by atoms with Crippen molar-refractivity contribution in [3.8, 4) is 11.5 Å². The van der Waals surface area contributed by atoms with E-state index in [0.29, 0.717) is 23.3 Å². The second kappa shape index (κ2) is 8.82. The van der Waals surface area contributed by atoms with Gasteiger partial charge in [0.1, 0.15) is 24.0 Å².